The number of hydrogen-bond donors (Lipinski definition) is 7. The average Bonchev–Trinajstić information content (AvgIpc) is 2.84. The summed E-state index contributed by atoms with van der Waals surface area (Å²) in [6.07, 6.45) is 1.78. The molecule has 3 amide bonds. The van der Waals surface area contributed by atoms with Crippen LogP contribution in [0.1, 0.15) is 38.7 Å². The van der Waals surface area contributed by atoms with Gasteiger partial charge in [-0.05, 0) is 48.5 Å². The van der Waals surface area contributed by atoms with Gasteiger partial charge in [-0.1, -0.05) is 32.4 Å². The molecular formula is C24H36N4O8S. The number of hydrogen-bond acceptors (Lipinski definition) is 8. The summed E-state index contributed by atoms with van der Waals surface area (Å²) in [4.78, 5) is 61.4. The first-order valence-corrected chi connectivity index (χ1v) is 13.2. The molecule has 0 aliphatic rings. The van der Waals surface area contributed by atoms with Gasteiger partial charge in [0.1, 0.15) is 23.9 Å². The number of aliphatic carboxylic acids is 2. The summed E-state index contributed by atoms with van der Waals surface area (Å²) >= 11 is 1.42. The van der Waals surface area contributed by atoms with E-state index in [0.29, 0.717) is 17.7 Å². The molecule has 0 saturated heterocycles. The van der Waals surface area contributed by atoms with E-state index in [1.165, 1.54) is 23.9 Å². The molecule has 37 heavy (non-hydrogen) atoms. The minimum Gasteiger partial charge on any atom is -0.508 e. The molecule has 1 rings (SSSR count). The maximum Gasteiger partial charge on any atom is 0.326 e. The van der Waals surface area contributed by atoms with Crippen LogP contribution in [-0.4, -0.2) is 81.2 Å². The molecule has 8 N–H and O–H groups in total. The number of carboxylic acid groups (broad SMARTS) is 2. The average molecular weight is 541 g/mol. The number of phenolic OH excluding ortho intramolecular Hbond substituents is 1. The first kappa shape index (κ1) is 31.7. The number of thioether (sulfide) groups is 1. The van der Waals surface area contributed by atoms with Crippen LogP contribution in [-0.2, 0) is 30.4 Å². The Balaban J connectivity index is 2.97. The summed E-state index contributed by atoms with van der Waals surface area (Å²) in [6, 6.07) is 1.18. The number of aromatic hydroxyl groups is 1. The lowest BCUT2D eigenvalue weighted by Crippen LogP contribution is -2.58. The highest BCUT2D eigenvalue weighted by Gasteiger charge is 2.33. The largest absolute Gasteiger partial charge is 0.508 e. The van der Waals surface area contributed by atoms with Gasteiger partial charge in [-0.25, -0.2) is 4.79 Å². The van der Waals surface area contributed by atoms with Crippen molar-refractivity contribution in [3.05, 3.63) is 29.8 Å². The molecule has 0 bridgehead atoms. The van der Waals surface area contributed by atoms with Crippen LogP contribution in [0.2, 0.25) is 0 Å². The van der Waals surface area contributed by atoms with Gasteiger partial charge in [0.2, 0.25) is 17.7 Å². The van der Waals surface area contributed by atoms with E-state index in [1.807, 2.05) is 0 Å². The lowest BCUT2D eigenvalue weighted by atomic mass is 9.98. The number of carboxylic acids is 2. The van der Waals surface area contributed by atoms with Crippen LogP contribution >= 0.6 is 11.8 Å². The van der Waals surface area contributed by atoms with Crippen molar-refractivity contribution in [2.75, 3.05) is 12.0 Å². The number of nitrogens with one attached hydrogen (secondary N) is 3. The molecule has 0 fully saturated rings. The van der Waals surface area contributed by atoms with Crippen molar-refractivity contribution in [1.82, 2.24) is 16.0 Å². The van der Waals surface area contributed by atoms with Gasteiger partial charge in [0.05, 0.1) is 12.5 Å². The van der Waals surface area contributed by atoms with Crippen LogP contribution in [0.15, 0.2) is 24.3 Å². The molecule has 0 aliphatic carbocycles. The Kier molecular flexibility index (Phi) is 13.5. The summed E-state index contributed by atoms with van der Waals surface area (Å²) in [6.45, 7) is 3.37. The highest BCUT2D eigenvalue weighted by molar-refractivity contribution is 7.98. The predicted molar refractivity (Wildman–Crippen MR) is 138 cm³/mol. The van der Waals surface area contributed by atoms with Gasteiger partial charge < -0.3 is 37.0 Å². The van der Waals surface area contributed by atoms with Gasteiger partial charge in [-0.2, -0.15) is 11.8 Å². The number of carbonyl (C=O) groups is 5. The van der Waals surface area contributed by atoms with E-state index < -0.39 is 66.2 Å². The summed E-state index contributed by atoms with van der Waals surface area (Å²) in [5.41, 5.74) is 6.69. The predicted octanol–water partition coefficient (Wildman–Crippen LogP) is 0.0749. The molecule has 0 saturated carbocycles. The Hall–Kier alpha value is -3.32. The van der Waals surface area contributed by atoms with Gasteiger partial charge in [-0.15, -0.1) is 0 Å². The maximum atomic E-state index is 13.0. The Morgan fingerprint density at radius 3 is 2.03 bits per heavy atom. The third-order valence-corrected chi connectivity index (χ3v) is 6.40. The van der Waals surface area contributed by atoms with E-state index in [4.69, 9.17) is 5.73 Å². The molecule has 1 aromatic rings. The molecule has 0 radical (unpaired) electrons. The van der Waals surface area contributed by atoms with Crippen molar-refractivity contribution in [1.29, 1.82) is 0 Å². The fourth-order valence-corrected chi connectivity index (χ4v) is 3.83. The van der Waals surface area contributed by atoms with Gasteiger partial charge in [0, 0.05) is 0 Å². The van der Waals surface area contributed by atoms with E-state index in [0.717, 1.165) is 0 Å². The van der Waals surface area contributed by atoms with Crippen molar-refractivity contribution in [3.63, 3.8) is 0 Å². The van der Waals surface area contributed by atoms with Crippen LogP contribution in [0.5, 0.6) is 5.75 Å². The molecule has 1 aromatic carbocycles. The topological polar surface area (TPSA) is 208 Å². The van der Waals surface area contributed by atoms with Gasteiger partial charge >= 0.3 is 11.9 Å². The smallest absolute Gasteiger partial charge is 0.326 e. The fourth-order valence-electron chi connectivity index (χ4n) is 3.36. The van der Waals surface area contributed by atoms with Gasteiger partial charge in [-0.3, -0.25) is 19.2 Å². The third-order valence-electron chi connectivity index (χ3n) is 5.76. The SMILES string of the molecule is CCC(C)C(NC(=O)C(CC(=O)O)NC(=O)C(CCSC)NC(=O)C(N)Cc1ccc(O)cc1)C(=O)O. The molecule has 13 heteroatoms. The third kappa shape index (κ3) is 11.1. The molecule has 0 aliphatic heterocycles. The minimum absolute atomic E-state index is 0.0642. The Morgan fingerprint density at radius 2 is 1.51 bits per heavy atom. The highest BCUT2D eigenvalue weighted by Crippen LogP contribution is 2.12. The van der Waals surface area contributed by atoms with E-state index in [-0.39, 0.29) is 18.6 Å². The lowest BCUT2D eigenvalue weighted by molar-refractivity contribution is -0.144. The van der Waals surface area contributed by atoms with Crippen LogP contribution in [0.25, 0.3) is 0 Å². The zero-order valence-electron chi connectivity index (χ0n) is 21.1. The molecule has 0 spiro atoms. The van der Waals surface area contributed by atoms with Gasteiger partial charge in [0.25, 0.3) is 0 Å². The number of carbonyl (C=O) groups excluding carboxylic acids is 3. The Labute approximate surface area is 219 Å². The molecule has 12 nitrogen and oxygen atoms in total. The fraction of sp³-hybridized carbons (Fsp3) is 0.542. The Bertz CT molecular complexity index is 943. The standard InChI is InChI=1S/C24H36N4O8S/c1-4-13(2)20(24(35)36)28-23(34)18(12-19(30)31)27-22(33)17(9-10-37-3)26-21(32)16(25)11-14-5-7-15(29)8-6-14/h5-8,13,16-18,20,29H,4,9-12,25H2,1-3H3,(H,26,32)(H,27,33)(H,28,34)(H,30,31)(H,35,36). The molecule has 5 atom stereocenters. The van der Waals surface area contributed by atoms with Crippen molar-refractivity contribution in [2.45, 2.75) is 63.7 Å². The summed E-state index contributed by atoms with van der Waals surface area (Å²) in [5, 5.41) is 35.3. The van der Waals surface area contributed by atoms with E-state index in [1.54, 1.807) is 32.2 Å². The molecule has 0 aromatic heterocycles. The van der Waals surface area contributed by atoms with Crippen molar-refractivity contribution < 1.29 is 39.3 Å². The quantitative estimate of drug-likeness (QED) is 0.150. The van der Waals surface area contributed by atoms with Crippen LogP contribution in [0.4, 0.5) is 0 Å². The maximum absolute atomic E-state index is 13.0. The van der Waals surface area contributed by atoms with Crippen molar-refractivity contribution in [3.8, 4) is 5.75 Å². The molecule has 206 valence electrons. The van der Waals surface area contributed by atoms with Crippen LogP contribution in [0.3, 0.4) is 0 Å². The monoisotopic (exact) mass is 540 g/mol. The number of phenols is 1. The first-order valence-electron chi connectivity index (χ1n) is 11.8. The zero-order valence-corrected chi connectivity index (χ0v) is 21.9. The highest BCUT2D eigenvalue weighted by atomic mass is 32.2. The zero-order chi connectivity index (χ0) is 28.1. The van der Waals surface area contributed by atoms with Crippen LogP contribution < -0.4 is 21.7 Å². The molecule has 0 heterocycles. The van der Waals surface area contributed by atoms with Crippen molar-refractivity contribution >= 4 is 41.4 Å². The molecule has 5 unspecified atom stereocenters. The first-order chi connectivity index (χ1) is 17.4. The molecular weight excluding hydrogens is 504 g/mol. The summed E-state index contributed by atoms with van der Waals surface area (Å²) in [7, 11) is 0. The second-order valence-corrected chi connectivity index (χ2v) is 9.67. The normalized spacial score (nSPS) is 14.9. The second-order valence-electron chi connectivity index (χ2n) is 8.69. The van der Waals surface area contributed by atoms with E-state index >= 15 is 0 Å². The summed E-state index contributed by atoms with van der Waals surface area (Å²) in [5.74, 6) is -4.95. The van der Waals surface area contributed by atoms with E-state index in [9.17, 15) is 39.3 Å². The van der Waals surface area contributed by atoms with E-state index in [2.05, 4.69) is 16.0 Å². The van der Waals surface area contributed by atoms with Gasteiger partial charge in [0.15, 0.2) is 0 Å². The number of nitrogens with two attached hydrogens (primary N) is 1. The number of benzene rings is 1. The van der Waals surface area contributed by atoms with Crippen molar-refractivity contribution in [2.24, 2.45) is 11.7 Å². The summed E-state index contributed by atoms with van der Waals surface area (Å²) < 4.78 is 0. The lowest BCUT2D eigenvalue weighted by Gasteiger charge is -2.26. The number of rotatable bonds is 16. The minimum atomic E-state index is -1.56. The Morgan fingerprint density at radius 1 is 0.946 bits per heavy atom. The van der Waals surface area contributed by atoms with Crippen LogP contribution in [0, 0.1) is 5.92 Å². The number of amides is 3. The second kappa shape index (κ2) is 15.7.